The van der Waals surface area contributed by atoms with Gasteiger partial charge in [-0.25, -0.2) is 0 Å². The topological polar surface area (TPSA) is 15.3 Å². The first-order valence-electron chi connectivity index (χ1n) is 6.77. The molecule has 16 heavy (non-hydrogen) atoms. The molecule has 96 valence electrons. The zero-order chi connectivity index (χ0) is 12.2. The maximum Gasteiger partial charge on any atom is 0.00698 e. The Balaban J connectivity index is 2.27. The molecule has 1 aliphatic carbocycles. The Kier molecular flexibility index (Phi) is 5.26. The van der Waals surface area contributed by atoms with E-state index in [0.29, 0.717) is 5.41 Å². The molecule has 1 rings (SSSR count). The van der Waals surface area contributed by atoms with Crippen LogP contribution in [0, 0.1) is 11.3 Å². The van der Waals surface area contributed by atoms with Crippen LogP contribution in [0.15, 0.2) is 0 Å². The van der Waals surface area contributed by atoms with E-state index in [4.69, 9.17) is 0 Å². The lowest BCUT2D eigenvalue weighted by molar-refractivity contribution is 0.208. The largest absolute Gasteiger partial charge is 0.313 e. The molecule has 0 heterocycles. The molecule has 0 aromatic heterocycles. The van der Waals surface area contributed by atoms with E-state index in [1.807, 2.05) is 0 Å². The average Bonchev–Trinajstić information content (AvgIpc) is 2.13. The first-order valence-corrected chi connectivity index (χ1v) is 6.77. The van der Waals surface area contributed by atoms with Gasteiger partial charge >= 0.3 is 0 Å². The van der Waals surface area contributed by atoms with Crippen LogP contribution in [0.4, 0.5) is 0 Å². The van der Waals surface area contributed by atoms with Gasteiger partial charge in [-0.3, -0.25) is 0 Å². The van der Waals surface area contributed by atoms with Gasteiger partial charge in [0.05, 0.1) is 0 Å². The molecule has 0 amide bonds. The van der Waals surface area contributed by atoms with E-state index < -0.39 is 0 Å². The van der Waals surface area contributed by atoms with Crippen molar-refractivity contribution in [3.8, 4) is 0 Å². The zero-order valence-corrected chi connectivity index (χ0v) is 11.8. The van der Waals surface area contributed by atoms with Crippen LogP contribution >= 0.6 is 0 Å². The lowest BCUT2D eigenvalue weighted by atomic mass is 9.86. The number of hydrogen-bond donors (Lipinski definition) is 1. The van der Waals surface area contributed by atoms with Crippen molar-refractivity contribution < 1.29 is 0 Å². The van der Waals surface area contributed by atoms with E-state index in [-0.39, 0.29) is 0 Å². The highest BCUT2D eigenvalue weighted by Crippen LogP contribution is 2.24. The fraction of sp³-hybridized carbons (Fsp3) is 1.00. The smallest absolute Gasteiger partial charge is 0.00698 e. The second-order valence-electron chi connectivity index (χ2n) is 6.75. The van der Waals surface area contributed by atoms with Crippen LogP contribution in [0.2, 0.25) is 0 Å². The molecule has 1 fully saturated rings. The fourth-order valence-corrected chi connectivity index (χ4v) is 2.95. The summed E-state index contributed by atoms with van der Waals surface area (Å²) in [7, 11) is 4.31. The Morgan fingerprint density at radius 1 is 1.25 bits per heavy atom. The highest BCUT2D eigenvalue weighted by atomic mass is 15.1. The number of nitrogens with zero attached hydrogens (tertiary/aromatic N) is 1. The molecule has 1 N–H and O–H groups in total. The van der Waals surface area contributed by atoms with Crippen molar-refractivity contribution >= 4 is 0 Å². The van der Waals surface area contributed by atoms with E-state index in [0.717, 1.165) is 25.0 Å². The third kappa shape index (κ3) is 5.31. The van der Waals surface area contributed by atoms with Crippen molar-refractivity contribution in [3.63, 3.8) is 0 Å². The van der Waals surface area contributed by atoms with Crippen molar-refractivity contribution in [2.45, 2.75) is 52.5 Å². The standard InChI is InChI=1S/C14H30N2/c1-12-7-6-8-13(9-12)15-10-14(2,3)11-16(4)5/h12-13,15H,6-11H2,1-5H3/t12-,13+/m0/s1. The van der Waals surface area contributed by atoms with Crippen molar-refractivity contribution in [1.29, 1.82) is 0 Å². The first-order chi connectivity index (χ1) is 7.39. The molecular formula is C14H30N2. The molecule has 0 aromatic rings. The highest BCUT2D eigenvalue weighted by Gasteiger charge is 2.23. The van der Waals surface area contributed by atoms with Crippen molar-refractivity contribution in [2.24, 2.45) is 11.3 Å². The molecule has 1 aliphatic rings. The third-order valence-electron chi connectivity index (χ3n) is 3.55. The molecule has 0 aliphatic heterocycles. The summed E-state index contributed by atoms with van der Waals surface area (Å²) in [4.78, 5) is 2.28. The van der Waals surface area contributed by atoms with E-state index in [2.05, 4.69) is 45.1 Å². The van der Waals surface area contributed by atoms with Gasteiger partial charge in [-0.05, 0) is 38.3 Å². The Hall–Kier alpha value is -0.0800. The second kappa shape index (κ2) is 6.02. The van der Waals surface area contributed by atoms with Crippen LogP contribution in [0.25, 0.3) is 0 Å². The van der Waals surface area contributed by atoms with Gasteiger partial charge in [-0.1, -0.05) is 33.6 Å². The Labute approximate surface area is 102 Å². The summed E-state index contributed by atoms with van der Waals surface area (Å²) in [5.41, 5.74) is 0.379. The quantitative estimate of drug-likeness (QED) is 0.775. The Bertz CT molecular complexity index is 199. The van der Waals surface area contributed by atoms with Gasteiger partial charge in [0.1, 0.15) is 0 Å². The minimum absolute atomic E-state index is 0.379. The number of rotatable bonds is 5. The summed E-state index contributed by atoms with van der Waals surface area (Å²) in [6.07, 6.45) is 5.59. The lowest BCUT2D eigenvalue weighted by Crippen LogP contribution is -2.43. The SMILES string of the molecule is C[C@H]1CCC[C@@H](NCC(C)(C)CN(C)C)C1. The predicted octanol–water partition coefficient (Wildman–Crippen LogP) is 2.74. The van der Waals surface area contributed by atoms with Crippen LogP contribution in [0.5, 0.6) is 0 Å². The molecule has 0 bridgehead atoms. The molecule has 1 saturated carbocycles. The molecule has 2 nitrogen and oxygen atoms in total. The molecular weight excluding hydrogens is 196 g/mol. The van der Waals surface area contributed by atoms with Crippen LogP contribution in [0.1, 0.15) is 46.5 Å². The van der Waals surface area contributed by atoms with Gasteiger partial charge in [0.2, 0.25) is 0 Å². The summed E-state index contributed by atoms with van der Waals surface area (Å²) in [5, 5.41) is 3.77. The maximum absolute atomic E-state index is 3.77. The van der Waals surface area contributed by atoms with Crippen LogP contribution in [-0.4, -0.2) is 38.1 Å². The van der Waals surface area contributed by atoms with E-state index >= 15 is 0 Å². The van der Waals surface area contributed by atoms with E-state index in [9.17, 15) is 0 Å². The lowest BCUT2D eigenvalue weighted by Gasteiger charge is -2.33. The molecule has 0 spiro atoms. The first kappa shape index (κ1) is 14.0. The average molecular weight is 226 g/mol. The summed E-state index contributed by atoms with van der Waals surface area (Å²) >= 11 is 0. The number of nitrogens with one attached hydrogen (secondary N) is 1. The van der Waals surface area contributed by atoms with Gasteiger partial charge in [-0.2, -0.15) is 0 Å². The van der Waals surface area contributed by atoms with Crippen molar-refractivity contribution in [2.75, 3.05) is 27.2 Å². The summed E-state index contributed by atoms with van der Waals surface area (Å²) in [5.74, 6) is 0.920. The Morgan fingerprint density at radius 2 is 1.94 bits per heavy atom. The minimum atomic E-state index is 0.379. The van der Waals surface area contributed by atoms with Gasteiger partial charge in [0.15, 0.2) is 0 Å². The molecule has 0 radical (unpaired) electrons. The van der Waals surface area contributed by atoms with Crippen LogP contribution < -0.4 is 5.32 Å². The molecule has 0 unspecified atom stereocenters. The van der Waals surface area contributed by atoms with Gasteiger partial charge in [0, 0.05) is 19.1 Å². The van der Waals surface area contributed by atoms with E-state index in [1.54, 1.807) is 0 Å². The van der Waals surface area contributed by atoms with E-state index in [1.165, 1.54) is 25.7 Å². The highest BCUT2D eigenvalue weighted by molar-refractivity contribution is 4.80. The molecule has 2 heteroatoms. The van der Waals surface area contributed by atoms with Gasteiger partial charge < -0.3 is 10.2 Å². The normalized spacial score (nSPS) is 27.4. The summed E-state index contributed by atoms with van der Waals surface area (Å²) in [6.45, 7) is 9.39. The summed E-state index contributed by atoms with van der Waals surface area (Å²) < 4.78 is 0. The van der Waals surface area contributed by atoms with Crippen molar-refractivity contribution in [1.82, 2.24) is 10.2 Å². The fourth-order valence-electron chi connectivity index (χ4n) is 2.95. The zero-order valence-electron chi connectivity index (χ0n) is 11.8. The maximum atomic E-state index is 3.77. The van der Waals surface area contributed by atoms with Crippen molar-refractivity contribution in [3.05, 3.63) is 0 Å². The second-order valence-corrected chi connectivity index (χ2v) is 6.75. The van der Waals surface area contributed by atoms with Crippen LogP contribution in [-0.2, 0) is 0 Å². The number of hydrogen-bond acceptors (Lipinski definition) is 2. The summed E-state index contributed by atoms with van der Waals surface area (Å²) in [6, 6.07) is 0.769. The Morgan fingerprint density at radius 3 is 2.50 bits per heavy atom. The monoisotopic (exact) mass is 226 g/mol. The van der Waals surface area contributed by atoms with Crippen LogP contribution in [0.3, 0.4) is 0 Å². The molecule has 2 atom stereocenters. The molecule has 0 aromatic carbocycles. The predicted molar refractivity (Wildman–Crippen MR) is 71.8 cm³/mol. The minimum Gasteiger partial charge on any atom is -0.313 e. The van der Waals surface area contributed by atoms with Gasteiger partial charge in [0.25, 0.3) is 0 Å². The molecule has 0 saturated heterocycles. The van der Waals surface area contributed by atoms with Gasteiger partial charge in [-0.15, -0.1) is 0 Å². The third-order valence-corrected chi connectivity index (χ3v) is 3.55.